The van der Waals surface area contributed by atoms with Crippen molar-refractivity contribution in [2.24, 2.45) is 11.7 Å². The average Bonchev–Trinajstić information content (AvgIpc) is 3.20. The van der Waals surface area contributed by atoms with E-state index in [4.69, 9.17) is 10.3 Å². The number of amides is 1. The summed E-state index contributed by atoms with van der Waals surface area (Å²) in [6.07, 6.45) is 2.34. The molecule has 0 unspecified atom stereocenters. The molecule has 2 N–H and O–H groups in total. The second kappa shape index (κ2) is 7.09. The lowest BCUT2D eigenvalue weighted by atomic mass is 10.1. The molecular weight excluding hydrogens is 311 g/mol. The molecule has 128 valence electrons. The molecule has 0 radical (unpaired) electrons. The summed E-state index contributed by atoms with van der Waals surface area (Å²) >= 11 is 0. The zero-order chi connectivity index (χ0) is 17.1. The summed E-state index contributed by atoms with van der Waals surface area (Å²) in [7, 11) is 0. The Hall–Kier alpha value is -2.28. The van der Waals surface area contributed by atoms with Crippen LogP contribution in [0.25, 0.3) is 11.4 Å². The van der Waals surface area contributed by atoms with E-state index >= 15 is 0 Å². The molecule has 3 rings (SSSR count). The quantitative estimate of drug-likeness (QED) is 0.873. The van der Waals surface area contributed by atoms with Gasteiger partial charge in [0.25, 0.3) is 0 Å². The number of nitrogens with two attached hydrogens (primary N) is 1. The molecule has 6 nitrogen and oxygen atoms in total. The minimum absolute atomic E-state index is 0.0311. The van der Waals surface area contributed by atoms with Gasteiger partial charge in [-0.2, -0.15) is 4.98 Å². The zero-order valence-electron chi connectivity index (χ0n) is 13.7. The van der Waals surface area contributed by atoms with Crippen LogP contribution in [0.3, 0.4) is 0 Å². The fourth-order valence-corrected chi connectivity index (χ4v) is 2.93. The SMILES string of the molecule is Cc1ccc(-c2noc(CCCN3CC[C@H](C(N)=O)C3)n2)cc1F. The summed E-state index contributed by atoms with van der Waals surface area (Å²) in [4.78, 5) is 17.7. The summed E-state index contributed by atoms with van der Waals surface area (Å²) in [6.45, 7) is 4.20. The number of rotatable bonds is 6. The van der Waals surface area contributed by atoms with Gasteiger partial charge in [0.15, 0.2) is 0 Å². The molecule has 7 heteroatoms. The number of primary amides is 1. The molecule has 0 spiro atoms. The van der Waals surface area contributed by atoms with Crippen molar-refractivity contribution in [3.05, 3.63) is 35.5 Å². The molecule has 1 aromatic carbocycles. The third kappa shape index (κ3) is 3.79. The van der Waals surface area contributed by atoms with Crippen molar-refractivity contribution in [1.29, 1.82) is 0 Å². The average molecular weight is 332 g/mol. The number of aryl methyl sites for hydroxylation is 2. The standard InChI is InChI=1S/C17H21FN4O2/c1-11-4-5-12(9-14(11)18)17-20-15(24-21-17)3-2-7-22-8-6-13(10-22)16(19)23/h4-5,9,13H,2-3,6-8,10H2,1H3,(H2,19,23)/t13-/m0/s1. The van der Waals surface area contributed by atoms with Crippen LogP contribution in [0.4, 0.5) is 4.39 Å². The van der Waals surface area contributed by atoms with Crippen LogP contribution in [0.15, 0.2) is 22.7 Å². The van der Waals surface area contributed by atoms with E-state index in [1.54, 1.807) is 19.1 Å². The van der Waals surface area contributed by atoms with Crippen LogP contribution in [0.5, 0.6) is 0 Å². The molecule has 0 saturated carbocycles. The van der Waals surface area contributed by atoms with E-state index in [-0.39, 0.29) is 17.6 Å². The Bertz CT molecular complexity index is 731. The monoisotopic (exact) mass is 332 g/mol. The molecule has 1 fully saturated rings. The number of halogens is 1. The van der Waals surface area contributed by atoms with Gasteiger partial charge in [-0.3, -0.25) is 4.79 Å². The molecule has 2 heterocycles. The Labute approximate surface area is 139 Å². The molecule has 1 saturated heterocycles. The molecule has 0 bridgehead atoms. The van der Waals surface area contributed by atoms with Crippen LogP contribution in [0.2, 0.25) is 0 Å². The van der Waals surface area contributed by atoms with Crippen molar-refractivity contribution in [3.8, 4) is 11.4 Å². The Kier molecular flexibility index (Phi) is 4.89. The van der Waals surface area contributed by atoms with Crippen LogP contribution >= 0.6 is 0 Å². The minimum atomic E-state index is -0.281. The van der Waals surface area contributed by atoms with Crippen LogP contribution in [-0.4, -0.2) is 40.6 Å². The number of aromatic nitrogens is 2. The van der Waals surface area contributed by atoms with Gasteiger partial charge >= 0.3 is 0 Å². The van der Waals surface area contributed by atoms with Crippen LogP contribution in [0.1, 0.15) is 24.3 Å². The molecule has 1 aromatic heterocycles. The maximum Gasteiger partial charge on any atom is 0.227 e. The van der Waals surface area contributed by atoms with Gasteiger partial charge in [0.1, 0.15) is 5.82 Å². The minimum Gasteiger partial charge on any atom is -0.369 e. The first-order chi connectivity index (χ1) is 11.5. The van der Waals surface area contributed by atoms with Gasteiger partial charge in [0.2, 0.25) is 17.6 Å². The highest BCUT2D eigenvalue weighted by Crippen LogP contribution is 2.20. The summed E-state index contributed by atoms with van der Waals surface area (Å²) < 4.78 is 18.8. The molecule has 1 amide bonds. The number of hydrogen-bond donors (Lipinski definition) is 1. The van der Waals surface area contributed by atoms with E-state index in [9.17, 15) is 9.18 Å². The number of hydrogen-bond acceptors (Lipinski definition) is 5. The summed E-state index contributed by atoms with van der Waals surface area (Å²) in [6, 6.07) is 4.89. The van der Waals surface area contributed by atoms with Crippen LogP contribution in [0, 0.1) is 18.7 Å². The van der Waals surface area contributed by atoms with E-state index in [0.29, 0.717) is 29.3 Å². The predicted molar refractivity (Wildman–Crippen MR) is 86.5 cm³/mol. The van der Waals surface area contributed by atoms with E-state index in [0.717, 1.165) is 32.5 Å². The number of likely N-dealkylation sites (tertiary alicyclic amines) is 1. The molecule has 1 atom stereocenters. The second-order valence-electron chi connectivity index (χ2n) is 6.27. The van der Waals surface area contributed by atoms with Gasteiger partial charge in [-0.15, -0.1) is 0 Å². The molecule has 1 aliphatic rings. The summed E-state index contributed by atoms with van der Waals surface area (Å²) in [5, 5.41) is 3.92. The first-order valence-electron chi connectivity index (χ1n) is 8.13. The third-order valence-corrected chi connectivity index (χ3v) is 4.44. The van der Waals surface area contributed by atoms with Gasteiger partial charge in [-0.25, -0.2) is 4.39 Å². The van der Waals surface area contributed by atoms with Crippen LogP contribution < -0.4 is 5.73 Å². The summed E-state index contributed by atoms with van der Waals surface area (Å²) in [5.41, 5.74) is 6.53. The largest absolute Gasteiger partial charge is 0.369 e. The Morgan fingerprint density at radius 2 is 2.33 bits per heavy atom. The first-order valence-corrected chi connectivity index (χ1v) is 8.13. The fourth-order valence-electron chi connectivity index (χ4n) is 2.93. The number of carbonyl (C=O) groups is 1. The lowest BCUT2D eigenvalue weighted by Crippen LogP contribution is -2.28. The molecule has 1 aliphatic heterocycles. The Balaban J connectivity index is 1.51. The van der Waals surface area contributed by atoms with Gasteiger partial charge in [0.05, 0.1) is 5.92 Å². The maximum atomic E-state index is 13.6. The van der Waals surface area contributed by atoms with Crippen molar-refractivity contribution in [3.63, 3.8) is 0 Å². The van der Waals surface area contributed by atoms with Gasteiger partial charge in [-0.05, 0) is 44.5 Å². The predicted octanol–water partition coefficient (Wildman–Crippen LogP) is 1.92. The van der Waals surface area contributed by atoms with E-state index in [2.05, 4.69) is 15.0 Å². The Morgan fingerprint density at radius 1 is 1.50 bits per heavy atom. The van der Waals surface area contributed by atoms with E-state index in [1.165, 1.54) is 6.07 Å². The maximum absolute atomic E-state index is 13.6. The molecule has 0 aliphatic carbocycles. The topological polar surface area (TPSA) is 85.3 Å². The van der Waals surface area contributed by atoms with Crippen molar-refractivity contribution in [1.82, 2.24) is 15.0 Å². The van der Waals surface area contributed by atoms with Gasteiger partial charge in [-0.1, -0.05) is 17.3 Å². The summed E-state index contributed by atoms with van der Waals surface area (Å²) in [5.74, 6) is 0.410. The van der Waals surface area contributed by atoms with Crippen molar-refractivity contribution < 1.29 is 13.7 Å². The first kappa shape index (κ1) is 16.6. The molecular formula is C17H21FN4O2. The third-order valence-electron chi connectivity index (χ3n) is 4.44. The van der Waals surface area contributed by atoms with Gasteiger partial charge < -0.3 is 15.2 Å². The van der Waals surface area contributed by atoms with Gasteiger partial charge in [0, 0.05) is 18.5 Å². The lowest BCUT2D eigenvalue weighted by molar-refractivity contribution is -0.121. The highest BCUT2D eigenvalue weighted by molar-refractivity contribution is 5.77. The smallest absolute Gasteiger partial charge is 0.227 e. The normalized spacial score (nSPS) is 18.2. The number of carbonyl (C=O) groups excluding carboxylic acids is 1. The lowest BCUT2D eigenvalue weighted by Gasteiger charge is -2.13. The van der Waals surface area contributed by atoms with Crippen molar-refractivity contribution in [2.75, 3.05) is 19.6 Å². The highest BCUT2D eigenvalue weighted by Gasteiger charge is 2.26. The number of nitrogens with zero attached hydrogens (tertiary/aromatic N) is 3. The Morgan fingerprint density at radius 3 is 3.04 bits per heavy atom. The van der Waals surface area contributed by atoms with Crippen molar-refractivity contribution in [2.45, 2.75) is 26.2 Å². The van der Waals surface area contributed by atoms with E-state index < -0.39 is 0 Å². The fraction of sp³-hybridized carbons (Fsp3) is 0.471. The van der Waals surface area contributed by atoms with Crippen molar-refractivity contribution >= 4 is 5.91 Å². The zero-order valence-corrected chi connectivity index (χ0v) is 13.7. The highest BCUT2D eigenvalue weighted by atomic mass is 19.1. The van der Waals surface area contributed by atoms with E-state index in [1.807, 2.05) is 0 Å². The second-order valence-corrected chi connectivity index (χ2v) is 6.27. The number of benzene rings is 1. The molecule has 2 aromatic rings. The van der Waals surface area contributed by atoms with Crippen LogP contribution in [-0.2, 0) is 11.2 Å². The molecule has 24 heavy (non-hydrogen) atoms.